The number of carbonyl (C=O) groups is 1. The molecule has 0 aliphatic carbocycles. The zero-order chi connectivity index (χ0) is 26.5. The first kappa shape index (κ1) is 25.7. The van der Waals surface area contributed by atoms with E-state index < -0.39 is 0 Å². The summed E-state index contributed by atoms with van der Waals surface area (Å²) < 4.78 is 0. The van der Waals surface area contributed by atoms with Crippen LogP contribution in [0, 0.1) is 0 Å². The Kier molecular flexibility index (Phi) is 7.83. The Bertz CT molecular complexity index is 1470. The Morgan fingerprint density at radius 3 is 2.58 bits per heavy atom. The maximum absolute atomic E-state index is 12.2. The highest BCUT2D eigenvalue weighted by Gasteiger charge is 2.16. The monoisotopic (exact) mass is 527 g/mol. The molecule has 0 radical (unpaired) electrons. The van der Waals surface area contributed by atoms with Crippen LogP contribution in [0.15, 0.2) is 79.5 Å². The standard InChI is InChI=1S/C29H30ClN7O/c1-3-27(38)33-26-16-20(19-37-14-12-36(2)13-15-37)8-11-25(26)34-29-31-18-24(30)28(35-29)32-23-10-9-21-6-4-5-7-22(21)17-23/h3-11,16-18H,1,12-15,19H2,2H3,(H,33,38)(H2,31,32,34,35). The summed E-state index contributed by atoms with van der Waals surface area (Å²) in [5.41, 5.74) is 3.27. The van der Waals surface area contributed by atoms with Crippen LogP contribution in [0.2, 0.25) is 5.02 Å². The molecule has 0 unspecified atom stereocenters. The van der Waals surface area contributed by atoms with Crippen molar-refractivity contribution in [3.63, 3.8) is 0 Å². The molecular weight excluding hydrogens is 498 g/mol. The highest BCUT2D eigenvalue weighted by atomic mass is 35.5. The second-order valence-corrected chi connectivity index (χ2v) is 9.76. The average Bonchev–Trinajstić information content (AvgIpc) is 2.93. The number of carbonyl (C=O) groups excluding carboxylic acids is 1. The first-order valence-electron chi connectivity index (χ1n) is 12.5. The summed E-state index contributed by atoms with van der Waals surface area (Å²) in [6.07, 6.45) is 2.80. The van der Waals surface area contributed by atoms with Crippen molar-refractivity contribution in [2.24, 2.45) is 0 Å². The quantitative estimate of drug-likeness (QED) is 0.256. The number of rotatable bonds is 8. The van der Waals surface area contributed by atoms with E-state index in [4.69, 9.17) is 11.6 Å². The Morgan fingerprint density at radius 1 is 1.00 bits per heavy atom. The minimum Gasteiger partial charge on any atom is -0.339 e. The van der Waals surface area contributed by atoms with E-state index in [0.717, 1.165) is 54.7 Å². The van der Waals surface area contributed by atoms with Gasteiger partial charge in [0.25, 0.3) is 0 Å². The van der Waals surface area contributed by atoms with E-state index in [1.165, 1.54) is 6.08 Å². The number of aromatic nitrogens is 2. The minimum absolute atomic E-state index is 0.291. The van der Waals surface area contributed by atoms with E-state index in [9.17, 15) is 4.79 Å². The van der Waals surface area contributed by atoms with E-state index in [0.29, 0.717) is 28.2 Å². The molecule has 1 aliphatic heterocycles. The number of nitrogens with one attached hydrogen (secondary N) is 3. The van der Waals surface area contributed by atoms with Crippen molar-refractivity contribution in [3.8, 4) is 0 Å². The zero-order valence-electron chi connectivity index (χ0n) is 21.2. The molecule has 38 heavy (non-hydrogen) atoms. The van der Waals surface area contributed by atoms with Crippen molar-refractivity contribution in [2.75, 3.05) is 49.2 Å². The van der Waals surface area contributed by atoms with Crippen LogP contribution in [-0.2, 0) is 11.3 Å². The molecule has 8 nitrogen and oxygen atoms in total. The second kappa shape index (κ2) is 11.6. The molecule has 0 atom stereocenters. The maximum Gasteiger partial charge on any atom is 0.247 e. The van der Waals surface area contributed by atoms with Gasteiger partial charge in [-0.3, -0.25) is 9.69 Å². The van der Waals surface area contributed by atoms with Gasteiger partial charge in [-0.25, -0.2) is 4.98 Å². The minimum atomic E-state index is -0.291. The van der Waals surface area contributed by atoms with Crippen LogP contribution >= 0.6 is 11.6 Å². The van der Waals surface area contributed by atoms with Gasteiger partial charge in [0.15, 0.2) is 5.82 Å². The Balaban J connectivity index is 1.36. The largest absolute Gasteiger partial charge is 0.339 e. The number of anilines is 5. The molecule has 1 fully saturated rings. The molecular formula is C29H30ClN7O. The fourth-order valence-corrected chi connectivity index (χ4v) is 4.53. The normalized spacial score (nSPS) is 14.3. The van der Waals surface area contributed by atoms with Crippen LogP contribution in [-0.4, -0.2) is 58.9 Å². The Labute approximate surface area is 227 Å². The van der Waals surface area contributed by atoms with E-state index >= 15 is 0 Å². The fraction of sp³-hybridized carbons (Fsp3) is 0.207. The number of halogens is 1. The molecule has 1 aromatic heterocycles. The van der Waals surface area contributed by atoms with Crippen molar-refractivity contribution in [3.05, 3.63) is 90.1 Å². The molecule has 1 amide bonds. The molecule has 4 aromatic rings. The third-order valence-electron chi connectivity index (χ3n) is 6.53. The first-order valence-corrected chi connectivity index (χ1v) is 12.9. The van der Waals surface area contributed by atoms with E-state index in [1.807, 2.05) is 48.5 Å². The number of amides is 1. The van der Waals surface area contributed by atoms with Gasteiger partial charge in [0.1, 0.15) is 5.02 Å². The molecule has 5 rings (SSSR count). The summed E-state index contributed by atoms with van der Waals surface area (Å²) >= 11 is 6.42. The first-order chi connectivity index (χ1) is 18.5. The van der Waals surface area contributed by atoms with Crippen molar-refractivity contribution in [1.29, 1.82) is 0 Å². The molecule has 2 heterocycles. The lowest BCUT2D eigenvalue weighted by Crippen LogP contribution is -2.43. The second-order valence-electron chi connectivity index (χ2n) is 9.35. The van der Waals surface area contributed by atoms with Crippen molar-refractivity contribution >= 4 is 57.1 Å². The Morgan fingerprint density at radius 2 is 1.79 bits per heavy atom. The van der Waals surface area contributed by atoms with Crippen molar-refractivity contribution in [2.45, 2.75) is 6.54 Å². The molecule has 0 saturated carbocycles. The van der Waals surface area contributed by atoms with Crippen LogP contribution in [0.3, 0.4) is 0 Å². The molecule has 3 aromatic carbocycles. The van der Waals surface area contributed by atoms with Crippen LogP contribution < -0.4 is 16.0 Å². The third-order valence-corrected chi connectivity index (χ3v) is 6.81. The van der Waals surface area contributed by atoms with Crippen LogP contribution in [0.4, 0.5) is 28.8 Å². The lowest BCUT2D eigenvalue weighted by molar-refractivity contribution is -0.111. The van der Waals surface area contributed by atoms with Gasteiger partial charge in [-0.05, 0) is 53.7 Å². The van der Waals surface area contributed by atoms with Gasteiger partial charge in [0, 0.05) is 38.4 Å². The molecule has 0 spiro atoms. The van der Waals surface area contributed by atoms with Gasteiger partial charge in [-0.1, -0.05) is 54.6 Å². The molecule has 0 bridgehead atoms. The third kappa shape index (κ3) is 6.28. The predicted molar refractivity (Wildman–Crippen MR) is 156 cm³/mol. The van der Waals surface area contributed by atoms with E-state index in [-0.39, 0.29) is 5.91 Å². The Hall–Kier alpha value is -3.98. The lowest BCUT2D eigenvalue weighted by atomic mass is 10.1. The molecule has 1 saturated heterocycles. The number of hydrogen-bond donors (Lipinski definition) is 3. The number of benzene rings is 3. The maximum atomic E-state index is 12.2. The van der Waals surface area contributed by atoms with Crippen LogP contribution in [0.25, 0.3) is 10.8 Å². The summed E-state index contributed by atoms with van der Waals surface area (Å²) in [5, 5.41) is 12.1. The number of hydrogen-bond acceptors (Lipinski definition) is 7. The highest BCUT2D eigenvalue weighted by molar-refractivity contribution is 6.33. The summed E-state index contributed by atoms with van der Waals surface area (Å²) in [5.74, 6) is 0.530. The number of fused-ring (bicyclic) bond motifs is 1. The van der Waals surface area contributed by atoms with Crippen molar-refractivity contribution in [1.82, 2.24) is 19.8 Å². The SMILES string of the molecule is C=CC(=O)Nc1cc(CN2CCN(C)CC2)ccc1Nc1ncc(Cl)c(Nc2ccc3ccccc3c2)n1. The lowest BCUT2D eigenvalue weighted by Gasteiger charge is -2.32. The predicted octanol–water partition coefficient (Wildman–Crippen LogP) is 5.64. The van der Waals surface area contributed by atoms with E-state index in [2.05, 4.69) is 61.5 Å². The molecule has 194 valence electrons. The molecule has 9 heteroatoms. The van der Waals surface area contributed by atoms with E-state index in [1.54, 1.807) is 6.20 Å². The summed E-state index contributed by atoms with van der Waals surface area (Å²) in [4.78, 5) is 25.9. The molecule has 3 N–H and O–H groups in total. The zero-order valence-corrected chi connectivity index (χ0v) is 22.0. The average molecular weight is 528 g/mol. The van der Waals surface area contributed by atoms with Gasteiger partial charge in [-0.2, -0.15) is 4.98 Å². The molecule has 1 aliphatic rings. The van der Waals surface area contributed by atoms with Gasteiger partial charge in [0.05, 0.1) is 17.6 Å². The van der Waals surface area contributed by atoms with Crippen LogP contribution in [0.1, 0.15) is 5.56 Å². The highest BCUT2D eigenvalue weighted by Crippen LogP contribution is 2.30. The summed E-state index contributed by atoms with van der Waals surface area (Å²) in [7, 11) is 2.14. The number of likely N-dealkylation sites (N-methyl/N-ethyl adjacent to an activating group) is 1. The smallest absolute Gasteiger partial charge is 0.247 e. The van der Waals surface area contributed by atoms with Gasteiger partial charge in [-0.15, -0.1) is 0 Å². The summed E-state index contributed by atoms with van der Waals surface area (Å²) in [6.45, 7) is 8.50. The number of nitrogens with zero attached hydrogens (tertiary/aromatic N) is 4. The van der Waals surface area contributed by atoms with Crippen molar-refractivity contribution < 1.29 is 4.79 Å². The topological polar surface area (TPSA) is 85.4 Å². The van der Waals surface area contributed by atoms with Gasteiger partial charge >= 0.3 is 0 Å². The summed E-state index contributed by atoms with van der Waals surface area (Å²) in [6, 6.07) is 20.2. The van der Waals surface area contributed by atoms with Crippen LogP contribution in [0.5, 0.6) is 0 Å². The van der Waals surface area contributed by atoms with Gasteiger partial charge < -0.3 is 20.9 Å². The fourth-order valence-electron chi connectivity index (χ4n) is 4.39. The van der Waals surface area contributed by atoms with Gasteiger partial charge in [0.2, 0.25) is 11.9 Å². The number of piperazine rings is 1.